The zero-order valence-electron chi connectivity index (χ0n) is 13.7. The first-order chi connectivity index (χ1) is 10.4. The van der Waals surface area contributed by atoms with Gasteiger partial charge in [0.1, 0.15) is 0 Å². The van der Waals surface area contributed by atoms with Gasteiger partial charge >= 0.3 is 0 Å². The molecule has 1 aromatic rings. The summed E-state index contributed by atoms with van der Waals surface area (Å²) in [5.41, 5.74) is 2.81. The molecule has 0 saturated carbocycles. The van der Waals surface area contributed by atoms with Crippen LogP contribution in [0.1, 0.15) is 30.4 Å². The van der Waals surface area contributed by atoms with E-state index < -0.39 is 10.0 Å². The highest BCUT2D eigenvalue weighted by Gasteiger charge is 2.20. The van der Waals surface area contributed by atoms with Crippen LogP contribution in [0.25, 0.3) is 0 Å². The highest BCUT2D eigenvalue weighted by molar-refractivity contribution is 7.88. The Morgan fingerprint density at radius 2 is 2.09 bits per heavy atom. The number of aryl methyl sites for hydroxylation is 2. The Bertz CT molecular complexity index is 572. The molecule has 1 fully saturated rings. The van der Waals surface area contributed by atoms with E-state index in [-0.39, 0.29) is 0 Å². The zero-order chi connectivity index (χ0) is 16.0. The van der Waals surface area contributed by atoms with E-state index in [1.165, 1.54) is 23.8 Å². The predicted molar refractivity (Wildman–Crippen MR) is 91.5 cm³/mol. The van der Waals surface area contributed by atoms with Gasteiger partial charge in [0.05, 0.1) is 6.26 Å². The molecule has 5 heteroatoms. The van der Waals surface area contributed by atoms with Crippen LogP contribution in [-0.4, -0.2) is 45.8 Å². The van der Waals surface area contributed by atoms with Crippen molar-refractivity contribution in [1.29, 1.82) is 0 Å². The lowest BCUT2D eigenvalue weighted by Crippen LogP contribution is -2.41. The molecule has 0 radical (unpaired) electrons. The van der Waals surface area contributed by atoms with Crippen LogP contribution >= 0.6 is 0 Å². The molecule has 1 aliphatic heterocycles. The first kappa shape index (κ1) is 17.4. The molecule has 1 N–H and O–H groups in total. The Kier molecular flexibility index (Phi) is 6.41. The van der Waals surface area contributed by atoms with Crippen molar-refractivity contribution in [3.8, 4) is 0 Å². The smallest absolute Gasteiger partial charge is 0.208 e. The van der Waals surface area contributed by atoms with Gasteiger partial charge in [-0.3, -0.25) is 0 Å². The fourth-order valence-corrected chi connectivity index (χ4v) is 3.71. The van der Waals surface area contributed by atoms with Crippen LogP contribution in [0.15, 0.2) is 24.3 Å². The molecule has 4 nitrogen and oxygen atoms in total. The molecule has 2 rings (SSSR count). The van der Waals surface area contributed by atoms with Gasteiger partial charge < -0.3 is 4.90 Å². The third kappa shape index (κ3) is 6.07. The number of nitrogens with zero attached hydrogens (tertiary/aromatic N) is 1. The summed E-state index contributed by atoms with van der Waals surface area (Å²) in [5.74, 6) is 0.446. The second-order valence-corrected chi connectivity index (χ2v) is 8.29. The van der Waals surface area contributed by atoms with Gasteiger partial charge in [-0.25, -0.2) is 13.1 Å². The standard InChI is InChI=1S/C17H28N2O2S/c1-15-7-3-4-9-17(15)10-6-12-19-11-5-8-16(14-19)13-18-22(2,20)21/h3-4,7,9,16,18H,5-6,8,10-14H2,1-2H3/t16-/m0/s1. The summed E-state index contributed by atoms with van der Waals surface area (Å²) in [5, 5.41) is 0. The fraction of sp³-hybridized carbons (Fsp3) is 0.647. The van der Waals surface area contributed by atoms with Crippen molar-refractivity contribution in [1.82, 2.24) is 9.62 Å². The number of hydrogen-bond donors (Lipinski definition) is 1. The highest BCUT2D eigenvalue weighted by Crippen LogP contribution is 2.17. The SMILES string of the molecule is Cc1ccccc1CCCN1CCC[C@@H](CNS(C)(=O)=O)C1. The molecule has 0 aliphatic carbocycles. The number of nitrogens with one attached hydrogen (secondary N) is 1. The molecule has 0 spiro atoms. The van der Waals surface area contributed by atoms with Gasteiger partial charge in [-0.15, -0.1) is 0 Å². The van der Waals surface area contributed by atoms with Gasteiger partial charge in [0, 0.05) is 13.1 Å². The molecule has 1 saturated heterocycles. The molecule has 22 heavy (non-hydrogen) atoms. The van der Waals surface area contributed by atoms with E-state index in [1.807, 2.05) is 0 Å². The van der Waals surface area contributed by atoms with E-state index in [1.54, 1.807) is 0 Å². The molecule has 0 amide bonds. The minimum atomic E-state index is -3.07. The maximum atomic E-state index is 11.2. The predicted octanol–water partition coefficient (Wildman–Crippen LogP) is 2.19. The molecule has 124 valence electrons. The molecule has 1 aromatic carbocycles. The number of benzene rings is 1. The van der Waals surface area contributed by atoms with Gasteiger partial charge in [-0.05, 0) is 62.7 Å². The van der Waals surface area contributed by atoms with Crippen LogP contribution in [0.5, 0.6) is 0 Å². The van der Waals surface area contributed by atoms with E-state index in [0.717, 1.165) is 38.9 Å². The van der Waals surface area contributed by atoms with E-state index in [9.17, 15) is 8.42 Å². The molecule has 1 aliphatic rings. The molecule has 0 aromatic heterocycles. The molecule has 0 unspecified atom stereocenters. The third-order valence-corrected chi connectivity index (χ3v) is 5.11. The van der Waals surface area contributed by atoms with E-state index in [4.69, 9.17) is 0 Å². The number of piperidine rings is 1. The van der Waals surface area contributed by atoms with E-state index >= 15 is 0 Å². The molecular weight excluding hydrogens is 296 g/mol. The average Bonchev–Trinajstić information content (AvgIpc) is 2.47. The fourth-order valence-electron chi connectivity index (χ4n) is 3.17. The first-order valence-electron chi connectivity index (χ1n) is 8.15. The quantitative estimate of drug-likeness (QED) is 0.836. The molecule has 1 heterocycles. The summed E-state index contributed by atoms with van der Waals surface area (Å²) < 4.78 is 25.0. The lowest BCUT2D eigenvalue weighted by molar-refractivity contribution is 0.174. The van der Waals surface area contributed by atoms with Gasteiger partial charge in [0.2, 0.25) is 10.0 Å². The highest BCUT2D eigenvalue weighted by atomic mass is 32.2. The maximum absolute atomic E-state index is 11.2. The number of sulfonamides is 1. The van der Waals surface area contributed by atoms with Gasteiger partial charge in [-0.2, -0.15) is 0 Å². The van der Waals surface area contributed by atoms with Crippen molar-refractivity contribution in [2.24, 2.45) is 5.92 Å². The number of likely N-dealkylation sites (tertiary alicyclic amines) is 1. The monoisotopic (exact) mass is 324 g/mol. The van der Waals surface area contributed by atoms with Crippen molar-refractivity contribution < 1.29 is 8.42 Å². The summed E-state index contributed by atoms with van der Waals surface area (Å²) in [6.45, 7) is 6.00. The largest absolute Gasteiger partial charge is 0.303 e. The molecule has 1 atom stereocenters. The van der Waals surface area contributed by atoms with Gasteiger partial charge in [-0.1, -0.05) is 24.3 Å². The minimum absolute atomic E-state index is 0.446. The normalized spacial score (nSPS) is 20.2. The van der Waals surface area contributed by atoms with Gasteiger partial charge in [0.15, 0.2) is 0 Å². The van der Waals surface area contributed by atoms with Crippen LogP contribution in [0.4, 0.5) is 0 Å². The Morgan fingerprint density at radius 3 is 2.82 bits per heavy atom. The second kappa shape index (κ2) is 8.09. The second-order valence-electron chi connectivity index (χ2n) is 6.46. The van der Waals surface area contributed by atoms with Crippen LogP contribution in [0.3, 0.4) is 0 Å². The van der Waals surface area contributed by atoms with Crippen molar-refractivity contribution in [2.75, 3.05) is 32.4 Å². The lowest BCUT2D eigenvalue weighted by atomic mass is 9.97. The van der Waals surface area contributed by atoms with E-state index in [0.29, 0.717) is 12.5 Å². The summed E-state index contributed by atoms with van der Waals surface area (Å²) in [6.07, 6.45) is 5.81. The average molecular weight is 324 g/mol. The Balaban J connectivity index is 1.73. The summed E-state index contributed by atoms with van der Waals surface area (Å²) >= 11 is 0. The Hall–Kier alpha value is -0.910. The summed E-state index contributed by atoms with van der Waals surface area (Å²) in [6, 6.07) is 8.58. The van der Waals surface area contributed by atoms with Crippen LogP contribution in [0, 0.1) is 12.8 Å². The van der Waals surface area contributed by atoms with Crippen molar-refractivity contribution >= 4 is 10.0 Å². The lowest BCUT2D eigenvalue weighted by Gasteiger charge is -2.32. The molecule has 0 bridgehead atoms. The van der Waals surface area contributed by atoms with Crippen molar-refractivity contribution in [2.45, 2.75) is 32.6 Å². The third-order valence-electron chi connectivity index (χ3n) is 4.42. The van der Waals surface area contributed by atoms with Crippen molar-refractivity contribution in [3.63, 3.8) is 0 Å². The summed E-state index contributed by atoms with van der Waals surface area (Å²) in [4.78, 5) is 2.48. The van der Waals surface area contributed by atoms with E-state index in [2.05, 4.69) is 40.8 Å². The minimum Gasteiger partial charge on any atom is -0.303 e. The van der Waals surface area contributed by atoms with Gasteiger partial charge in [0.25, 0.3) is 0 Å². The Morgan fingerprint density at radius 1 is 1.32 bits per heavy atom. The van der Waals surface area contributed by atoms with Crippen LogP contribution in [0.2, 0.25) is 0 Å². The zero-order valence-corrected chi connectivity index (χ0v) is 14.5. The number of hydrogen-bond acceptors (Lipinski definition) is 3. The van der Waals surface area contributed by atoms with Crippen LogP contribution in [-0.2, 0) is 16.4 Å². The summed E-state index contributed by atoms with van der Waals surface area (Å²) in [7, 11) is -3.07. The molecular formula is C17H28N2O2S. The Labute approximate surface area is 135 Å². The topological polar surface area (TPSA) is 49.4 Å². The van der Waals surface area contributed by atoms with Crippen molar-refractivity contribution in [3.05, 3.63) is 35.4 Å². The maximum Gasteiger partial charge on any atom is 0.208 e. The number of rotatable bonds is 7. The first-order valence-corrected chi connectivity index (χ1v) is 10.0. The van der Waals surface area contributed by atoms with Crippen LogP contribution < -0.4 is 4.72 Å².